The van der Waals surface area contributed by atoms with E-state index >= 15 is 0 Å². The number of nitrogens with zero attached hydrogens (tertiary/aromatic N) is 1. The SMILES string of the molecule is CCNC(=NCc1ccc(S(N)(=O)=O)s1)NCC1(CCOCC)CCCC1.I. The third-order valence-corrected chi connectivity index (χ3v) is 7.44. The van der Waals surface area contributed by atoms with Gasteiger partial charge in [-0.15, -0.1) is 35.3 Å². The smallest absolute Gasteiger partial charge is 0.247 e. The molecule has 0 aromatic carbocycles. The predicted octanol–water partition coefficient (Wildman–Crippen LogP) is 3.06. The number of primary sulfonamides is 1. The van der Waals surface area contributed by atoms with Gasteiger partial charge < -0.3 is 15.4 Å². The molecule has 2 rings (SSSR count). The van der Waals surface area contributed by atoms with Crippen LogP contribution in [-0.2, 0) is 21.3 Å². The Labute approximate surface area is 190 Å². The molecule has 1 aromatic heterocycles. The van der Waals surface area contributed by atoms with Crippen molar-refractivity contribution in [2.24, 2.45) is 15.5 Å². The summed E-state index contributed by atoms with van der Waals surface area (Å²) in [6.45, 7) is 7.68. The molecule has 162 valence electrons. The van der Waals surface area contributed by atoms with Gasteiger partial charge in [0.1, 0.15) is 4.21 Å². The van der Waals surface area contributed by atoms with Gasteiger partial charge in [0.15, 0.2) is 5.96 Å². The zero-order valence-electron chi connectivity index (χ0n) is 16.7. The first-order valence-corrected chi connectivity index (χ1v) is 12.0. The van der Waals surface area contributed by atoms with Crippen molar-refractivity contribution >= 4 is 51.3 Å². The molecule has 1 heterocycles. The van der Waals surface area contributed by atoms with E-state index in [-0.39, 0.29) is 33.6 Å². The average Bonchev–Trinajstić information content (AvgIpc) is 3.27. The summed E-state index contributed by atoms with van der Waals surface area (Å²) in [6, 6.07) is 3.30. The number of halogens is 1. The van der Waals surface area contributed by atoms with Crippen molar-refractivity contribution < 1.29 is 13.2 Å². The Bertz CT molecular complexity index is 716. The van der Waals surface area contributed by atoms with Gasteiger partial charge in [0, 0.05) is 31.2 Å². The van der Waals surface area contributed by atoms with Gasteiger partial charge in [-0.2, -0.15) is 0 Å². The van der Waals surface area contributed by atoms with Gasteiger partial charge in [-0.05, 0) is 50.7 Å². The van der Waals surface area contributed by atoms with E-state index in [0.29, 0.717) is 6.54 Å². The van der Waals surface area contributed by atoms with Crippen molar-refractivity contribution in [1.29, 1.82) is 0 Å². The summed E-state index contributed by atoms with van der Waals surface area (Å²) in [4.78, 5) is 5.47. The van der Waals surface area contributed by atoms with Gasteiger partial charge >= 0.3 is 0 Å². The lowest BCUT2D eigenvalue weighted by molar-refractivity contribution is 0.105. The van der Waals surface area contributed by atoms with Crippen LogP contribution in [0, 0.1) is 5.41 Å². The Morgan fingerprint density at radius 2 is 2.00 bits per heavy atom. The number of ether oxygens (including phenoxy) is 1. The monoisotopic (exact) mass is 544 g/mol. The summed E-state index contributed by atoms with van der Waals surface area (Å²) in [6.07, 6.45) is 6.04. The third kappa shape index (κ3) is 8.13. The highest BCUT2D eigenvalue weighted by molar-refractivity contribution is 14.0. The molecule has 0 saturated heterocycles. The first-order chi connectivity index (χ1) is 12.9. The largest absolute Gasteiger partial charge is 0.382 e. The highest BCUT2D eigenvalue weighted by Crippen LogP contribution is 2.40. The summed E-state index contributed by atoms with van der Waals surface area (Å²) in [5, 5.41) is 11.9. The van der Waals surface area contributed by atoms with Gasteiger partial charge in [-0.1, -0.05) is 12.8 Å². The summed E-state index contributed by atoms with van der Waals surface area (Å²) < 4.78 is 28.5. The lowest BCUT2D eigenvalue weighted by atomic mass is 9.83. The number of aliphatic imine (C=N–C) groups is 1. The zero-order valence-corrected chi connectivity index (χ0v) is 20.7. The number of guanidine groups is 1. The van der Waals surface area contributed by atoms with E-state index in [1.165, 1.54) is 31.7 Å². The van der Waals surface area contributed by atoms with E-state index < -0.39 is 10.0 Å². The van der Waals surface area contributed by atoms with Crippen molar-refractivity contribution in [1.82, 2.24) is 10.6 Å². The summed E-state index contributed by atoms with van der Waals surface area (Å²) in [5.41, 5.74) is 0.273. The van der Waals surface area contributed by atoms with Gasteiger partial charge in [0.2, 0.25) is 10.0 Å². The van der Waals surface area contributed by atoms with Crippen molar-refractivity contribution in [2.75, 3.05) is 26.3 Å². The van der Waals surface area contributed by atoms with E-state index in [4.69, 9.17) is 9.88 Å². The Kier molecular flexibility index (Phi) is 11.3. The Morgan fingerprint density at radius 1 is 1.29 bits per heavy atom. The Morgan fingerprint density at radius 3 is 2.57 bits per heavy atom. The molecule has 0 atom stereocenters. The second-order valence-corrected chi connectivity index (χ2v) is 9.93. The van der Waals surface area contributed by atoms with Crippen LogP contribution >= 0.6 is 35.3 Å². The average molecular weight is 545 g/mol. The standard InChI is InChI=1S/C18H32N4O3S2.HI/c1-3-20-17(21-13-15-7-8-16(26-15)27(19,23)24)22-14-18(9-5-6-10-18)11-12-25-4-2;/h7-8H,3-6,9-14H2,1-2H3,(H2,19,23,24)(H2,20,21,22);1H. The quantitative estimate of drug-likeness (QED) is 0.182. The highest BCUT2D eigenvalue weighted by Gasteiger charge is 2.33. The van der Waals surface area contributed by atoms with Crippen LogP contribution in [-0.4, -0.2) is 40.7 Å². The fourth-order valence-electron chi connectivity index (χ4n) is 3.44. The molecule has 0 spiro atoms. The fraction of sp³-hybridized carbons (Fsp3) is 0.722. The topological polar surface area (TPSA) is 106 Å². The van der Waals surface area contributed by atoms with Gasteiger partial charge in [-0.3, -0.25) is 0 Å². The van der Waals surface area contributed by atoms with Crippen LogP contribution in [0.1, 0.15) is 50.8 Å². The third-order valence-electron chi connectivity index (χ3n) is 4.93. The molecular formula is C18H33IN4O3S2. The minimum atomic E-state index is -3.64. The number of nitrogens with two attached hydrogens (primary N) is 1. The maximum absolute atomic E-state index is 11.4. The van der Waals surface area contributed by atoms with Crippen LogP contribution in [0.25, 0.3) is 0 Å². The normalized spacial score (nSPS) is 16.6. The molecule has 1 aromatic rings. The number of sulfonamides is 1. The van der Waals surface area contributed by atoms with Crippen molar-refractivity contribution in [3.05, 3.63) is 17.0 Å². The summed E-state index contributed by atoms with van der Waals surface area (Å²) >= 11 is 1.16. The summed E-state index contributed by atoms with van der Waals surface area (Å²) in [5.74, 6) is 0.755. The van der Waals surface area contributed by atoms with E-state index in [2.05, 4.69) is 15.6 Å². The van der Waals surface area contributed by atoms with E-state index in [0.717, 1.165) is 54.9 Å². The van der Waals surface area contributed by atoms with Crippen LogP contribution in [0.4, 0.5) is 0 Å². The Balaban J connectivity index is 0.00000392. The predicted molar refractivity (Wildman–Crippen MR) is 126 cm³/mol. The van der Waals surface area contributed by atoms with Crippen LogP contribution in [0.2, 0.25) is 0 Å². The highest BCUT2D eigenvalue weighted by atomic mass is 127. The molecule has 4 N–H and O–H groups in total. The minimum Gasteiger partial charge on any atom is -0.382 e. The number of rotatable bonds is 10. The van der Waals surface area contributed by atoms with Crippen molar-refractivity contribution in [3.63, 3.8) is 0 Å². The molecule has 1 saturated carbocycles. The molecule has 28 heavy (non-hydrogen) atoms. The minimum absolute atomic E-state index is 0. The zero-order chi connectivity index (χ0) is 19.8. The van der Waals surface area contributed by atoms with E-state index in [1.54, 1.807) is 6.07 Å². The first-order valence-electron chi connectivity index (χ1n) is 9.60. The molecule has 0 aliphatic heterocycles. The van der Waals surface area contributed by atoms with Crippen molar-refractivity contribution in [2.45, 2.75) is 56.7 Å². The lowest BCUT2D eigenvalue weighted by Crippen LogP contribution is -2.43. The molecule has 0 amide bonds. The van der Waals surface area contributed by atoms with Gasteiger partial charge in [-0.25, -0.2) is 18.5 Å². The Hall–Kier alpha value is -0.430. The fourth-order valence-corrected chi connectivity index (χ4v) is 5.14. The lowest BCUT2D eigenvalue weighted by Gasteiger charge is -2.30. The molecule has 1 fully saturated rings. The van der Waals surface area contributed by atoms with Gasteiger partial charge in [0.25, 0.3) is 0 Å². The van der Waals surface area contributed by atoms with Crippen molar-refractivity contribution in [3.8, 4) is 0 Å². The van der Waals surface area contributed by atoms with Crippen LogP contribution in [0.3, 0.4) is 0 Å². The first kappa shape index (κ1) is 25.6. The maximum atomic E-state index is 11.4. The van der Waals surface area contributed by atoms with Crippen LogP contribution in [0.5, 0.6) is 0 Å². The van der Waals surface area contributed by atoms with Crippen LogP contribution < -0.4 is 15.8 Å². The van der Waals surface area contributed by atoms with E-state index in [1.807, 2.05) is 13.8 Å². The van der Waals surface area contributed by atoms with Gasteiger partial charge in [0.05, 0.1) is 6.54 Å². The second-order valence-electron chi connectivity index (χ2n) is 6.97. The number of nitrogens with one attached hydrogen (secondary N) is 2. The van der Waals surface area contributed by atoms with E-state index in [9.17, 15) is 8.42 Å². The molecule has 0 unspecified atom stereocenters. The number of hydrogen-bond acceptors (Lipinski definition) is 5. The molecular weight excluding hydrogens is 511 g/mol. The summed E-state index contributed by atoms with van der Waals surface area (Å²) in [7, 11) is -3.64. The molecule has 7 nitrogen and oxygen atoms in total. The second kappa shape index (κ2) is 12.3. The molecule has 10 heteroatoms. The molecule has 0 bridgehead atoms. The maximum Gasteiger partial charge on any atom is 0.247 e. The molecule has 0 radical (unpaired) electrons. The van der Waals surface area contributed by atoms with Crippen LogP contribution in [0.15, 0.2) is 21.3 Å². The number of hydrogen-bond donors (Lipinski definition) is 3. The number of thiophene rings is 1. The molecule has 1 aliphatic carbocycles. The molecule has 1 aliphatic rings.